The van der Waals surface area contributed by atoms with Crippen LogP contribution in [0.15, 0.2) is 48.5 Å². The van der Waals surface area contributed by atoms with Gasteiger partial charge in [-0.15, -0.1) is 0 Å². The molecule has 1 aliphatic heterocycles. The Balaban J connectivity index is 1.58. The van der Waals surface area contributed by atoms with E-state index in [0.717, 1.165) is 12.5 Å². The van der Waals surface area contributed by atoms with Crippen LogP contribution >= 0.6 is 0 Å². The number of phenols is 1. The van der Waals surface area contributed by atoms with Crippen molar-refractivity contribution in [1.82, 2.24) is 0 Å². The number of ether oxygens (including phenoxy) is 3. The Morgan fingerprint density at radius 2 is 1.67 bits per heavy atom. The lowest BCUT2D eigenvalue weighted by molar-refractivity contribution is -0.268. The Bertz CT molecular complexity index is 2630. The van der Waals surface area contributed by atoms with Crippen molar-refractivity contribution in [3.63, 3.8) is 0 Å². The maximum Gasteiger partial charge on any atom is 0.308 e. The molecule has 16 nitrogen and oxygen atoms in total. The molecular formula is C48H49N3O13. The van der Waals surface area contributed by atoms with Gasteiger partial charge in [0.05, 0.1) is 36.6 Å². The minimum absolute atomic E-state index is 0.0226. The van der Waals surface area contributed by atoms with E-state index in [2.05, 4.69) is 11.8 Å². The molecule has 334 valence electrons. The van der Waals surface area contributed by atoms with Crippen molar-refractivity contribution in [3.8, 4) is 29.1 Å². The summed E-state index contributed by atoms with van der Waals surface area (Å²) in [7, 11) is 0. The molecule has 1 heterocycles. The third-order valence-corrected chi connectivity index (χ3v) is 11.7. The fourth-order valence-electron chi connectivity index (χ4n) is 8.50. The molecule has 0 spiro atoms. The van der Waals surface area contributed by atoms with Crippen molar-refractivity contribution in [2.24, 2.45) is 17.2 Å². The Morgan fingerprint density at radius 3 is 2.38 bits per heavy atom. The van der Waals surface area contributed by atoms with Crippen molar-refractivity contribution >= 4 is 36.0 Å². The summed E-state index contributed by atoms with van der Waals surface area (Å²) in [4.78, 5) is 55.8. The van der Waals surface area contributed by atoms with Gasteiger partial charge in [0.2, 0.25) is 6.29 Å². The van der Waals surface area contributed by atoms with Gasteiger partial charge < -0.3 is 62.1 Å². The summed E-state index contributed by atoms with van der Waals surface area (Å²) in [6.07, 6.45) is -6.30. The molecule has 0 saturated carbocycles. The van der Waals surface area contributed by atoms with E-state index in [9.17, 15) is 40.2 Å². The van der Waals surface area contributed by atoms with E-state index in [1.165, 1.54) is 25.1 Å². The minimum Gasteiger partial charge on any atom is -0.507 e. The second-order valence-corrected chi connectivity index (χ2v) is 16.2. The number of ketones is 2. The predicted octanol–water partition coefficient (Wildman–Crippen LogP) is 1.85. The summed E-state index contributed by atoms with van der Waals surface area (Å²) >= 11 is 0. The number of aromatic hydroxyl groups is 1. The molecule has 0 aromatic heterocycles. The lowest BCUT2D eigenvalue weighted by Crippen LogP contribution is -2.58. The highest BCUT2D eigenvalue weighted by Crippen LogP contribution is 2.48. The van der Waals surface area contributed by atoms with Crippen molar-refractivity contribution in [2.75, 3.05) is 0 Å². The average molecular weight is 876 g/mol. The summed E-state index contributed by atoms with van der Waals surface area (Å²) in [5.41, 5.74) is 18.5. The Morgan fingerprint density at radius 1 is 0.938 bits per heavy atom. The van der Waals surface area contributed by atoms with Crippen LogP contribution < -0.4 is 26.7 Å². The van der Waals surface area contributed by atoms with Crippen molar-refractivity contribution in [3.05, 3.63) is 121 Å². The average Bonchev–Trinajstić information content (AvgIpc) is 3.26. The van der Waals surface area contributed by atoms with Gasteiger partial charge >= 0.3 is 5.97 Å². The summed E-state index contributed by atoms with van der Waals surface area (Å²) in [6, 6.07) is 12.3. The first kappa shape index (κ1) is 45.9. The van der Waals surface area contributed by atoms with E-state index < -0.39 is 96.5 Å². The molecule has 7 unspecified atom stereocenters. The van der Waals surface area contributed by atoms with Crippen LogP contribution in [0.25, 0.3) is 12.2 Å². The quantitative estimate of drug-likeness (QED) is 0.0353. The number of aliphatic hydroxyl groups excluding tert-OH is 5. The highest BCUT2D eigenvalue weighted by Gasteiger charge is 2.46. The normalized spacial score (nSPS) is 23.1. The number of phenolic OH excluding ortho intramolecular Hbond substituents is 1. The zero-order valence-corrected chi connectivity index (χ0v) is 35.0. The summed E-state index contributed by atoms with van der Waals surface area (Å²) < 4.78 is 17.8. The third kappa shape index (κ3) is 8.86. The molecule has 2 aliphatic carbocycles. The maximum absolute atomic E-state index is 15.5. The molecule has 1 saturated heterocycles. The van der Waals surface area contributed by atoms with Crippen LogP contribution in [0.4, 0.5) is 0 Å². The number of aldehydes is 1. The zero-order valence-electron chi connectivity index (χ0n) is 35.0. The number of rotatable bonds is 8. The van der Waals surface area contributed by atoms with E-state index in [1.807, 2.05) is 12.1 Å². The van der Waals surface area contributed by atoms with E-state index in [-0.39, 0.29) is 87.3 Å². The Hall–Kier alpha value is -6.10. The molecule has 1 fully saturated rings. The Labute approximate surface area is 367 Å². The second-order valence-electron chi connectivity index (χ2n) is 16.2. The van der Waals surface area contributed by atoms with E-state index in [4.69, 9.17) is 31.4 Å². The number of nitrogens with two attached hydrogens (primary N) is 3. The van der Waals surface area contributed by atoms with Crippen LogP contribution in [0.5, 0.6) is 17.2 Å². The third-order valence-electron chi connectivity index (χ3n) is 11.7. The predicted molar refractivity (Wildman–Crippen MR) is 231 cm³/mol. The summed E-state index contributed by atoms with van der Waals surface area (Å²) in [6.45, 7) is 1.76. The first-order chi connectivity index (χ1) is 30.5. The SMILES string of the molecule is CC(=O)Oc1cc(CO)c2c3c1C=Cc1cccc(c1)CC(O)CCC(N)C#CCc1c(OC4OC(C)C(O)C(O)C4O)c(Cc4cccc(C(N)N)c4C=O)c(O)c(c1C3=O)C2=O. The standard InChI is InChI=1S/C48H49N3O13/c1-22-40(56)44(60)45(61)48(62-22)64-46-32-11-5-9-28(49)13-14-29(55)17-25-7-3-6-24(16-25)12-15-31-35(63-23(2)54)19-27(20-52)36-37(31)43(59)38(32)39(42(36)58)41(57)33(46)18-26-8-4-10-30(47(50)51)34(26)21-53/h3-4,6-8,10,12,15-16,19,21-22,28-29,40,44-45,47-48,52,55-57,60-61H,11,13-14,17-18,20,49-51H2,1-2H3. The monoisotopic (exact) mass is 875 g/mol. The van der Waals surface area contributed by atoms with Crippen LogP contribution in [0.3, 0.4) is 0 Å². The fourth-order valence-corrected chi connectivity index (χ4v) is 8.50. The van der Waals surface area contributed by atoms with Gasteiger partial charge in [0.1, 0.15) is 35.6 Å². The molecular weight excluding hydrogens is 827 g/mol. The molecule has 0 radical (unpaired) electrons. The molecule has 4 aromatic carbocycles. The molecule has 7 rings (SSSR count). The van der Waals surface area contributed by atoms with Crippen LogP contribution in [0, 0.1) is 11.8 Å². The van der Waals surface area contributed by atoms with Crippen LogP contribution in [-0.2, 0) is 35.4 Å². The molecule has 7 atom stereocenters. The highest BCUT2D eigenvalue weighted by atomic mass is 16.7. The van der Waals surface area contributed by atoms with E-state index in [0.29, 0.717) is 11.8 Å². The van der Waals surface area contributed by atoms with Gasteiger partial charge in [0, 0.05) is 58.7 Å². The van der Waals surface area contributed by atoms with Gasteiger partial charge in [-0.05, 0) is 66.1 Å². The Kier molecular flexibility index (Phi) is 13.6. The first-order valence-electron chi connectivity index (χ1n) is 20.7. The topological polar surface area (TPSA) is 295 Å². The van der Waals surface area contributed by atoms with E-state index in [1.54, 1.807) is 30.3 Å². The molecule has 3 aliphatic rings. The number of hydrogen-bond donors (Lipinski definition) is 9. The second kappa shape index (κ2) is 18.9. The van der Waals surface area contributed by atoms with Crippen molar-refractivity contribution in [1.29, 1.82) is 0 Å². The van der Waals surface area contributed by atoms with Gasteiger partial charge in [-0.1, -0.05) is 60.4 Å². The summed E-state index contributed by atoms with van der Waals surface area (Å²) in [5, 5.41) is 66.8. The molecule has 16 heteroatoms. The van der Waals surface area contributed by atoms with Gasteiger partial charge in [0.15, 0.2) is 17.9 Å². The fraction of sp³-hybridized carbons (Fsp3) is 0.333. The van der Waals surface area contributed by atoms with E-state index >= 15 is 9.59 Å². The number of fused-ring (bicyclic) bond motifs is 2. The molecule has 4 bridgehead atoms. The zero-order chi connectivity index (χ0) is 46.1. The van der Waals surface area contributed by atoms with Crippen LogP contribution in [-0.4, -0.2) is 97.3 Å². The lowest BCUT2D eigenvalue weighted by atomic mass is 9.75. The lowest BCUT2D eigenvalue weighted by Gasteiger charge is -2.39. The molecule has 12 N–H and O–H groups in total. The van der Waals surface area contributed by atoms with Crippen LogP contribution in [0.1, 0.15) is 120 Å². The van der Waals surface area contributed by atoms with Gasteiger partial charge in [0.25, 0.3) is 0 Å². The number of carbonyl (C=O) groups is 4. The molecule has 4 aromatic rings. The number of aliphatic hydroxyl groups is 5. The number of esters is 1. The number of hydrogen-bond acceptors (Lipinski definition) is 16. The number of benzene rings is 4. The molecule has 64 heavy (non-hydrogen) atoms. The largest absolute Gasteiger partial charge is 0.507 e. The van der Waals surface area contributed by atoms with Crippen molar-refractivity contribution in [2.45, 2.75) is 102 Å². The van der Waals surface area contributed by atoms with Gasteiger partial charge in [-0.3, -0.25) is 19.2 Å². The number of carbonyl (C=O) groups excluding carboxylic acids is 4. The maximum atomic E-state index is 15.5. The van der Waals surface area contributed by atoms with Gasteiger partial charge in [-0.2, -0.15) is 0 Å². The van der Waals surface area contributed by atoms with Gasteiger partial charge in [-0.25, -0.2) is 0 Å². The van der Waals surface area contributed by atoms with Crippen molar-refractivity contribution < 1.29 is 64.0 Å². The highest BCUT2D eigenvalue weighted by molar-refractivity contribution is 6.32. The minimum atomic E-state index is -1.90. The first-order valence-corrected chi connectivity index (χ1v) is 20.7. The van der Waals surface area contributed by atoms with Crippen LogP contribution in [0.2, 0.25) is 0 Å². The summed E-state index contributed by atoms with van der Waals surface area (Å²) in [5.74, 6) is 2.07. The molecule has 0 amide bonds. The smallest absolute Gasteiger partial charge is 0.308 e.